The SMILES string of the molecule is c1ccc(-c2ccc(-c3ccccc3)c(N(c3ccccc3)c3ccc4c5c(c6ccccc6c4c3)-c3cc4ccccc4cc3C53c4ccccc4-c4ccccc43)c2)cc1. The monoisotopic (exact) mass is 785 g/mol. The summed E-state index contributed by atoms with van der Waals surface area (Å²) in [6.45, 7) is 0. The minimum Gasteiger partial charge on any atom is -0.310 e. The van der Waals surface area contributed by atoms with E-state index in [0.29, 0.717) is 0 Å². The van der Waals surface area contributed by atoms with E-state index >= 15 is 0 Å². The molecule has 288 valence electrons. The van der Waals surface area contributed by atoms with Gasteiger partial charge in [-0.2, -0.15) is 0 Å². The highest BCUT2D eigenvalue weighted by Crippen LogP contribution is 2.66. The van der Waals surface area contributed by atoms with Gasteiger partial charge in [-0.05, 0) is 136 Å². The normalized spacial score (nSPS) is 13.0. The van der Waals surface area contributed by atoms with Crippen LogP contribution in [0.5, 0.6) is 0 Å². The van der Waals surface area contributed by atoms with E-state index in [9.17, 15) is 0 Å². The number of nitrogens with zero attached hydrogens (tertiary/aromatic N) is 1. The van der Waals surface area contributed by atoms with Crippen molar-refractivity contribution in [3.8, 4) is 44.5 Å². The summed E-state index contributed by atoms with van der Waals surface area (Å²) in [7, 11) is 0. The van der Waals surface area contributed by atoms with E-state index in [1.165, 1.54) is 99.1 Å². The van der Waals surface area contributed by atoms with Gasteiger partial charge in [-0.3, -0.25) is 0 Å². The van der Waals surface area contributed by atoms with E-state index in [1.54, 1.807) is 0 Å². The van der Waals surface area contributed by atoms with Gasteiger partial charge in [0.1, 0.15) is 0 Å². The summed E-state index contributed by atoms with van der Waals surface area (Å²) in [5, 5.41) is 7.60. The van der Waals surface area contributed by atoms with Crippen LogP contribution in [0.3, 0.4) is 0 Å². The molecule has 0 unspecified atom stereocenters. The zero-order valence-electron chi connectivity index (χ0n) is 34.0. The Hall–Kier alpha value is -8.00. The van der Waals surface area contributed by atoms with Gasteiger partial charge in [0, 0.05) is 16.9 Å². The average molecular weight is 786 g/mol. The standard InChI is InChI=1S/C61H39N/c1-4-18-40(19-5-1)44-32-34-47(41-20-6-2-7-21-41)58(38-44)62(45-24-8-3-9-25-45)46-33-35-52-53(39-46)48-26-12-13-29-51(48)59-54-36-42-22-10-11-23-43(42)37-57(54)61(60(52)59)55-30-16-14-27-49(55)50-28-15-17-31-56(50)61/h1-39H. The maximum atomic E-state index is 2.50. The molecule has 0 aliphatic heterocycles. The largest absolute Gasteiger partial charge is 0.310 e. The van der Waals surface area contributed by atoms with Crippen LogP contribution in [-0.2, 0) is 5.41 Å². The fourth-order valence-electron chi connectivity index (χ4n) is 11.1. The summed E-state index contributed by atoms with van der Waals surface area (Å²) in [4.78, 5) is 2.47. The molecule has 0 saturated carbocycles. The third kappa shape index (κ3) is 4.91. The molecule has 1 spiro atoms. The Kier molecular flexibility index (Phi) is 7.59. The van der Waals surface area contributed by atoms with E-state index in [4.69, 9.17) is 0 Å². The van der Waals surface area contributed by atoms with Crippen LogP contribution in [-0.4, -0.2) is 0 Å². The number of hydrogen-bond donors (Lipinski definition) is 0. The molecule has 0 saturated heterocycles. The molecule has 0 heterocycles. The molecule has 0 amide bonds. The van der Waals surface area contributed by atoms with Crippen LogP contribution >= 0.6 is 0 Å². The fourth-order valence-corrected chi connectivity index (χ4v) is 11.1. The average Bonchev–Trinajstić information content (AvgIpc) is 3.81. The van der Waals surface area contributed by atoms with Crippen LogP contribution < -0.4 is 4.90 Å². The zero-order chi connectivity index (χ0) is 40.8. The molecule has 1 heteroatoms. The van der Waals surface area contributed by atoms with Crippen LogP contribution in [0.4, 0.5) is 17.1 Å². The minimum atomic E-state index is -0.505. The predicted octanol–water partition coefficient (Wildman–Crippen LogP) is 16.3. The molecule has 2 aliphatic carbocycles. The number of para-hydroxylation sites is 1. The molecule has 62 heavy (non-hydrogen) atoms. The predicted molar refractivity (Wildman–Crippen MR) is 261 cm³/mol. The molecule has 11 aromatic rings. The summed E-state index contributed by atoms with van der Waals surface area (Å²) in [6.07, 6.45) is 0. The summed E-state index contributed by atoms with van der Waals surface area (Å²) in [5.41, 5.74) is 18.3. The number of anilines is 3. The Morgan fingerprint density at radius 1 is 0.290 bits per heavy atom. The Labute approximate surface area is 361 Å². The van der Waals surface area contributed by atoms with Gasteiger partial charge in [-0.25, -0.2) is 0 Å². The highest BCUT2D eigenvalue weighted by molar-refractivity contribution is 6.21. The Morgan fingerprint density at radius 2 is 0.871 bits per heavy atom. The lowest BCUT2D eigenvalue weighted by Gasteiger charge is -2.32. The molecule has 0 aromatic heterocycles. The van der Waals surface area contributed by atoms with Crippen LogP contribution in [0.1, 0.15) is 22.3 Å². The minimum absolute atomic E-state index is 0.505. The van der Waals surface area contributed by atoms with Gasteiger partial charge in [0.15, 0.2) is 0 Å². The summed E-state index contributed by atoms with van der Waals surface area (Å²) in [5.74, 6) is 0. The molecule has 0 radical (unpaired) electrons. The van der Waals surface area contributed by atoms with Crippen molar-refractivity contribution in [1.82, 2.24) is 0 Å². The van der Waals surface area contributed by atoms with Crippen molar-refractivity contribution >= 4 is 49.4 Å². The molecule has 2 aliphatic rings. The summed E-state index contributed by atoms with van der Waals surface area (Å²) in [6, 6.07) is 87.9. The maximum Gasteiger partial charge on any atom is 0.0731 e. The lowest BCUT2D eigenvalue weighted by Crippen LogP contribution is -2.26. The molecule has 0 bridgehead atoms. The molecule has 0 N–H and O–H groups in total. The Balaban J connectivity index is 1.15. The number of hydrogen-bond acceptors (Lipinski definition) is 1. The van der Waals surface area contributed by atoms with E-state index in [-0.39, 0.29) is 0 Å². The van der Waals surface area contributed by atoms with Crippen LogP contribution in [0.15, 0.2) is 237 Å². The molecule has 11 aromatic carbocycles. The molecule has 1 nitrogen and oxygen atoms in total. The van der Waals surface area contributed by atoms with Crippen LogP contribution in [0.2, 0.25) is 0 Å². The van der Waals surface area contributed by atoms with Crippen molar-refractivity contribution in [2.45, 2.75) is 5.41 Å². The zero-order valence-corrected chi connectivity index (χ0v) is 34.0. The van der Waals surface area contributed by atoms with Crippen molar-refractivity contribution in [3.63, 3.8) is 0 Å². The second-order valence-electron chi connectivity index (χ2n) is 16.7. The van der Waals surface area contributed by atoms with Crippen molar-refractivity contribution in [2.24, 2.45) is 0 Å². The smallest absolute Gasteiger partial charge is 0.0731 e. The van der Waals surface area contributed by atoms with Gasteiger partial charge in [0.2, 0.25) is 0 Å². The van der Waals surface area contributed by atoms with Crippen molar-refractivity contribution < 1.29 is 0 Å². The number of benzene rings is 11. The van der Waals surface area contributed by atoms with Gasteiger partial charge in [0.05, 0.1) is 11.1 Å². The van der Waals surface area contributed by atoms with Crippen molar-refractivity contribution in [2.75, 3.05) is 4.90 Å². The lowest BCUT2D eigenvalue weighted by molar-refractivity contribution is 0.803. The first-order valence-corrected chi connectivity index (χ1v) is 21.6. The first-order chi connectivity index (χ1) is 30.8. The molecule has 0 atom stereocenters. The molecule has 0 fully saturated rings. The van der Waals surface area contributed by atoms with E-state index in [1.807, 2.05) is 0 Å². The van der Waals surface area contributed by atoms with E-state index < -0.39 is 5.41 Å². The lowest BCUT2D eigenvalue weighted by atomic mass is 9.69. The quantitative estimate of drug-likeness (QED) is 0.157. The highest BCUT2D eigenvalue weighted by atomic mass is 15.1. The third-order valence-corrected chi connectivity index (χ3v) is 13.6. The highest BCUT2D eigenvalue weighted by Gasteiger charge is 2.53. The van der Waals surface area contributed by atoms with Gasteiger partial charge in [0.25, 0.3) is 0 Å². The fraction of sp³-hybridized carbons (Fsp3) is 0.0164. The first kappa shape index (κ1) is 34.8. The molecular formula is C61H39N. The van der Waals surface area contributed by atoms with Crippen molar-refractivity contribution in [1.29, 1.82) is 0 Å². The van der Waals surface area contributed by atoms with Crippen molar-refractivity contribution in [3.05, 3.63) is 259 Å². The van der Waals surface area contributed by atoms with Gasteiger partial charge >= 0.3 is 0 Å². The van der Waals surface area contributed by atoms with E-state index in [2.05, 4.69) is 241 Å². The summed E-state index contributed by atoms with van der Waals surface area (Å²) >= 11 is 0. The maximum absolute atomic E-state index is 2.50. The number of rotatable bonds is 5. The number of fused-ring (bicyclic) bond motifs is 16. The second-order valence-corrected chi connectivity index (χ2v) is 16.7. The van der Waals surface area contributed by atoms with Gasteiger partial charge < -0.3 is 4.90 Å². The first-order valence-electron chi connectivity index (χ1n) is 21.6. The Morgan fingerprint density at radius 3 is 1.58 bits per heavy atom. The molecular weight excluding hydrogens is 747 g/mol. The second kappa shape index (κ2) is 13.5. The summed E-state index contributed by atoms with van der Waals surface area (Å²) < 4.78 is 0. The van der Waals surface area contributed by atoms with E-state index in [0.717, 1.165) is 17.1 Å². The topological polar surface area (TPSA) is 3.24 Å². The Bertz CT molecular complexity index is 3520. The third-order valence-electron chi connectivity index (χ3n) is 13.6. The van der Waals surface area contributed by atoms with Gasteiger partial charge in [-0.15, -0.1) is 0 Å². The molecule has 13 rings (SSSR count). The van der Waals surface area contributed by atoms with Crippen LogP contribution in [0.25, 0.3) is 76.8 Å². The van der Waals surface area contributed by atoms with Gasteiger partial charge in [-0.1, -0.05) is 194 Å². The van der Waals surface area contributed by atoms with Crippen LogP contribution in [0, 0.1) is 0 Å².